The summed E-state index contributed by atoms with van der Waals surface area (Å²) in [5, 5.41) is 1.15. The van der Waals surface area contributed by atoms with Gasteiger partial charge in [0.1, 0.15) is 0 Å². The molecule has 0 spiro atoms. The number of benzene rings is 1. The summed E-state index contributed by atoms with van der Waals surface area (Å²) < 4.78 is 0. The van der Waals surface area contributed by atoms with Crippen LogP contribution in [-0.2, 0) is 6.42 Å². The minimum Gasteiger partial charge on any atom is -0.123 e. The molecule has 0 saturated carbocycles. The van der Waals surface area contributed by atoms with Crippen LogP contribution < -0.4 is 0 Å². The van der Waals surface area contributed by atoms with Crippen molar-refractivity contribution >= 4 is 23.2 Å². The third kappa shape index (κ3) is 4.44. The minimum absolute atomic E-state index is 0.311. The Hall–Kier alpha value is -0.200. The van der Waals surface area contributed by atoms with E-state index < -0.39 is 0 Å². The number of rotatable bonds is 5. The van der Waals surface area contributed by atoms with Gasteiger partial charge in [0, 0.05) is 10.4 Å². The zero-order valence-corrected chi connectivity index (χ0v) is 10.9. The van der Waals surface area contributed by atoms with Crippen LogP contribution in [0.4, 0.5) is 0 Å². The molecule has 0 aromatic heterocycles. The zero-order chi connectivity index (χ0) is 11.3. The van der Waals surface area contributed by atoms with E-state index in [1.807, 2.05) is 13.0 Å². The van der Waals surface area contributed by atoms with Gasteiger partial charge in [0.15, 0.2) is 0 Å². The maximum absolute atomic E-state index is 6.18. The molecule has 0 bridgehead atoms. The minimum atomic E-state index is 0.311. The number of halogens is 2. The quantitative estimate of drug-likeness (QED) is 0.641. The van der Waals surface area contributed by atoms with Gasteiger partial charge in [-0.2, -0.15) is 0 Å². The molecular weight excluding hydrogens is 227 g/mol. The number of alkyl halides is 1. The molecule has 0 N–H and O–H groups in total. The van der Waals surface area contributed by atoms with E-state index in [2.05, 4.69) is 19.1 Å². The molecule has 1 atom stereocenters. The van der Waals surface area contributed by atoms with Crippen molar-refractivity contribution in [3.63, 3.8) is 0 Å². The van der Waals surface area contributed by atoms with E-state index in [-0.39, 0.29) is 0 Å². The second-order valence-corrected chi connectivity index (χ2v) is 5.03. The monoisotopic (exact) mass is 244 g/mol. The Labute approximate surface area is 103 Å². The molecule has 84 valence electrons. The Bertz CT molecular complexity index is 307. The lowest BCUT2D eigenvalue weighted by molar-refractivity contribution is 0.675. The van der Waals surface area contributed by atoms with E-state index in [9.17, 15) is 0 Å². The summed E-state index contributed by atoms with van der Waals surface area (Å²) >= 11 is 12.1. The molecule has 2 heteroatoms. The third-order valence-electron chi connectivity index (χ3n) is 2.57. The first-order valence-corrected chi connectivity index (χ1v) is 6.34. The van der Waals surface area contributed by atoms with Crippen molar-refractivity contribution in [3.05, 3.63) is 34.3 Å². The van der Waals surface area contributed by atoms with Gasteiger partial charge < -0.3 is 0 Å². The topological polar surface area (TPSA) is 0 Å². The fraction of sp³-hybridized carbons (Fsp3) is 0.538. The molecule has 0 amide bonds. The molecule has 1 aromatic rings. The standard InChI is InChI=1S/C13H18Cl2/c1-3-4-12(14)7-5-11-6-8-13(15)10(2)9-11/h6,8-9,12H,3-5,7H2,1-2H3. The van der Waals surface area contributed by atoms with Gasteiger partial charge in [0.2, 0.25) is 0 Å². The van der Waals surface area contributed by atoms with Crippen LogP contribution in [0.5, 0.6) is 0 Å². The second kappa shape index (κ2) is 6.40. The van der Waals surface area contributed by atoms with Crippen LogP contribution in [0.25, 0.3) is 0 Å². The molecule has 0 radical (unpaired) electrons. The van der Waals surface area contributed by atoms with Crippen LogP contribution in [0.1, 0.15) is 37.3 Å². The fourth-order valence-corrected chi connectivity index (χ4v) is 2.09. The van der Waals surface area contributed by atoms with Crippen LogP contribution in [0.3, 0.4) is 0 Å². The SMILES string of the molecule is CCCC(Cl)CCc1ccc(Cl)c(C)c1. The largest absolute Gasteiger partial charge is 0.123 e. The highest BCUT2D eigenvalue weighted by atomic mass is 35.5. The molecule has 0 aliphatic carbocycles. The van der Waals surface area contributed by atoms with Crippen LogP contribution in [0.15, 0.2) is 18.2 Å². The lowest BCUT2D eigenvalue weighted by atomic mass is 10.0. The summed E-state index contributed by atoms with van der Waals surface area (Å²) in [5.74, 6) is 0. The van der Waals surface area contributed by atoms with E-state index in [1.165, 1.54) is 5.56 Å². The Morgan fingerprint density at radius 2 is 2.00 bits per heavy atom. The molecule has 0 nitrogen and oxygen atoms in total. The third-order valence-corrected chi connectivity index (χ3v) is 3.43. The smallest absolute Gasteiger partial charge is 0.0435 e. The number of hydrogen-bond acceptors (Lipinski definition) is 0. The molecule has 0 fully saturated rings. The summed E-state index contributed by atoms with van der Waals surface area (Å²) in [6, 6.07) is 6.21. The first kappa shape index (κ1) is 12.9. The normalized spacial score (nSPS) is 12.8. The Morgan fingerprint density at radius 1 is 1.27 bits per heavy atom. The Balaban J connectivity index is 2.47. The summed E-state index contributed by atoms with van der Waals surface area (Å²) in [6.45, 7) is 4.21. The summed E-state index contributed by atoms with van der Waals surface area (Å²) in [7, 11) is 0. The van der Waals surface area contributed by atoms with Crippen LogP contribution in [-0.4, -0.2) is 5.38 Å². The highest BCUT2D eigenvalue weighted by Crippen LogP contribution is 2.19. The van der Waals surface area contributed by atoms with Crippen LogP contribution in [0, 0.1) is 6.92 Å². The van der Waals surface area contributed by atoms with Crippen LogP contribution in [0.2, 0.25) is 5.02 Å². The van der Waals surface area contributed by atoms with E-state index in [0.717, 1.165) is 36.3 Å². The highest BCUT2D eigenvalue weighted by Gasteiger charge is 2.04. The molecule has 1 aromatic carbocycles. The first-order valence-electron chi connectivity index (χ1n) is 5.52. The maximum Gasteiger partial charge on any atom is 0.0435 e. The number of hydrogen-bond donors (Lipinski definition) is 0. The molecule has 15 heavy (non-hydrogen) atoms. The zero-order valence-electron chi connectivity index (χ0n) is 9.39. The van der Waals surface area contributed by atoms with Gasteiger partial charge in [-0.1, -0.05) is 37.1 Å². The fourth-order valence-electron chi connectivity index (χ4n) is 1.64. The molecule has 1 unspecified atom stereocenters. The van der Waals surface area contributed by atoms with E-state index in [1.54, 1.807) is 0 Å². The molecular formula is C13H18Cl2. The van der Waals surface area contributed by atoms with Gasteiger partial charge in [0.05, 0.1) is 0 Å². The van der Waals surface area contributed by atoms with Crippen molar-refractivity contribution in [1.29, 1.82) is 0 Å². The molecule has 1 rings (SSSR count). The molecule has 0 aliphatic heterocycles. The lowest BCUT2D eigenvalue weighted by Gasteiger charge is -2.08. The lowest BCUT2D eigenvalue weighted by Crippen LogP contribution is -2.00. The van der Waals surface area contributed by atoms with E-state index in [4.69, 9.17) is 23.2 Å². The predicted molar refractivity (Wildman–Crippen MR) is 69.1 cm³/mol. The average molecular weight is 245 g/mol. The first-order chi connectivity index (χ1) is 7.13. The van der Waals surface area contributed by atoms with E-state index >= 15 is 0 Å². The van der Waals surface area contributed by atoms with Crippen molar-refractivity contribution < 1.29 is 0 Å². The molecule has 0 aliphatic rings. The summed E-state index contributed by atoms with van der Waals surface area (Å²) in [6.07, 6.45) is 4.37. The average Bonchev–Trinajstić information content (AvgIpc) is 2.20. The van der Waals surface area contributed by atoms with Gasteiger partial charge in [-0.25, -0.2) is 0 Å². The van der Waals surface area contributed by atoms with Gasteiger partial charge in [-0.05, 0) is 43.4 Å². The Morgan fingerprint density at radius 3 is 2.60 bits per heavy atom. The van der Waals surface area contributed by atoms with Gasteiger partial charge in [0.25, 0.3) is 0 Å². The molecule has 0 saturated heterocycles. The van der Waals surface area contributed by atoms with Crippen molar-refractivity contribution in [2.24, 2.45) is 0 Å². The summed E-state index contributed by atoms with van der Waals surface area (Å²) in [5.41, 5.74) is 2.48. The second-order valence-electron chi connectivity index (χ2n) is 4.01. The maximum atomic E-state index is 6.18. The predicted octanol–water partition coefficient (Wildman–Crippen LogP) is 4.99. The van der Waals surface area contributed by atoms with Crippen LogP contribution >= 0.6 is 23.2 Å². The van der Waals surface area contributed by atoms with Crippen molar-refractivity contribution in [3.8, 4) is 0 Å². The van der Waals surface area contributed by atoms with Crippen molar-refractivity contribution in [2.45, 2.75) is 44.9 Å². The van der Waals surface area contributed by atoms with Crippen molar-refractivity contribution in [1.82, 2.24) is 0 Å². The molecule has 0 heterocycles. The van der Waals surface area contributed by atoms with Gasteiger partial charge >= 0.3 is 0 Å². The summed E-state index contributed by atoms with van der Waals surface area (Å²) in [4.78, 5) is 0. The highest BCUT2D eigenvalue weighted by molar-refractivity contribution is 6.31. The van der Waals surface area contributed by atoms with Gasteiger partial charge in [-0.15, -0.1) is 11.6 Å². The van der Waals surface area contributed by atoms with E-state index in [0.29, 0.717) is 5.38 Å². The number of aryl methyl sites for hydroxylation is 2. The van der Waals surface area contributed by atoms with Gasteiger partial charge in [-0.3, -0.25) is 0 Å². The Kier molecular flexibility index (Phi) is 5.49. The van der Waals surface area contributed by atoms with Crippen molar-refractivity contribution in [2.75, 3.05) is 0 Å².